The number of pyridine rings is 1. The third-order valence-electron chi connectivity index (χ3n) is 3.45. The van der Waals surface area contributed by atoms with Crippen LogP contribution in [0, 0.1) is 3.57 Å². The number of rotatable bonds is 6. The number of benzene rings is 1. The van der Waals surface area contributed by atoms with Crippen molar-refractivity contribution < 1.29 is 14.3 Å². The highest BCUT2D eigenvalue weighted by Crippen LogP contribution is 2.31. The van der Waals surface area contributed by atoms with E-state index >= 15 is 0 Å². The lowest BCUT2D eigenvalue weighted by Crippen LogP contribution is -2.25. The normalized spacial score (nSPS) is 10.2. The van der Waals surface area contributed by atoms with Gasteiger partial charge in [0.25, 0.3) is 5.91 Å². The predicted molar refractivity (Wildman–Crippen MR) is 102 cm³/mol. The van der Waals surface area contributed by atoms with Gasteiger partial charge in [0.1, 0.15) is 5.82 Å². The van der Waals surface area contributed by atoms with E-state index in [0.29, 0.717) is 23.6 Å². The molecule has 0 unspecified atom stereocenters. The van der Waals surface area contributed by atoms with Gasteiger partial charge in [0, 0.05) is 36.0 Å². The number of hydrogen-bond donors (Lipinski definition) is 1. The van der Waals surface area contributed by atoms with E-state index < -0.39 is 0 Å². The van der Waals surface area contributed by atoms with E-state index in [-0.39, 0.29) is 5.91 Å². The van der Waals surface area contributed by atoms with E-state index in [1.165, 1.54) is 0 Å². The lowest BCUT2D eigenvalue weighted by Gasteiger charge is -2.16. The molecule has 1 amide bonds. The van der Waals surface area contributed by atoms with Crippen molar-refractivity contribution in [2.24, 2.45) is 0 Å². The fraction of sp³-hybridized carbons (Fsp3) is 0.294. The van der Waals surface area contributed by atoms with Crippen LogP contribution in [0.25, 0.3) is 0 Å². The maximum Gasteiger partial charge on any atom is 0.252 e. The average Bonchev–Trinajstić information content (AvgIpc) is 2.59. The predicted octanol–water partition coefficient (Wildman–Crippen LogP) is 2.70. The summed E-state index contributed by atoms with van der Waals surface area (Å²) in [5.41, 5.74) is 1.50. The molecule has 7 heteroatoms. The Hall–Kier alpha value is -2.03. The van der Waals surface area contributed by atoms with Crippen molar-refractivity contribution in [3.05, 3.63) is 45.2 Å². The number of halogens is 1. The van der Waals surface area contributed by atoms with Gasteiger partial charge in [0.2, 0.25) is 0 Å². The molecule has 6 nitrogen and oxygen atoms in total. The van der Waals surface area contributed by atoms with Gasteiger partial charge in [0.15, 0.2) is 11.5 Å². The first-order chi connectivity index (χ1) is 11.5. The van der Waals surface area contributed by atoms with E-state index in [1.54, 1.807) is 32.5 Å². The minimum Gasteiger partial charge on any atom is -0.493 e. The number of nitrogens with one attached hydrogen (secondary N) is 1. The van der Waals surface area contributed by atoms with Crippen molar-refractivity contribution in [1.82, 2.24) is 10.3 Å². The van der Waals surface area contributed by atoms with E-state index in [4.69, 9.17) is 9.47 Å². The molecule has 128 valence electrons. The van der Waals surface area contributed by atoms with Crippen molar-refractivity contribution in [2.75, 3.05) is 33.2 Å². The number of nitrogens with zero attached hydrogens (tertiary/aromatic N) is 2. The molecule has 0 atom stereocenters. The Morgan fingerprint density at radius 2 is 1.92 bits per heavy atom. The Labute approximate surface area is 155 Å². The van der Waals surface area contributed by atoms with Gasteiger partial charge >= 0.3 is 0 Å². The highest BCUT2D eigenvalue weighted by molar-refractivity contribution is 14.1. The molecule has 0 aliphatic carbocycles. The molecule has 0 aliphatic rings. The third-order valence-corrected chi connectivity index (χ3v) is 4.34. The lowest BCUT2D eigenvalue weighted by atomic mass is 10.1. The fourth-order valence-electron chi connectivity index (χ4n) is 2.27. The van der Waals surface area contributed by atoms with Crippen LogP contribution in [0.5, 0.6) is 11.5 Å². The Balaban J connectivity index is 2.19. The Morgan fingerprint density at radius 3 is 2.54 bits per heavy atom. The van der Waals surface area contributed by atoms with Gasteiger partial charge in [-0.3, -0.25) is 4.79 Å². The largest absolute Gasteiger partial charge is 0.493 e. The second-order valence-corrected chi connectivity index (χ2v) is 6.41. The quantitative estimate of drug-likeness (QED) is 0.699. The monoisotopic (exact) mass is 441 g/mol. The molecular weight excluding hydrogens is 421 g/mol. The Morgan fingerprint density at radius 1 is 1.25 bits per heavy atom. The second kappa shape index (κ2) is 8.18. The number of amides is 1. The molecule has 1 aromatic carbocycles. The van der Waals surface area contributed by atoms with Gasteiger partial charge in [-0.1, -0.05) is 6.07 Å². The van der Waals surface area contributed by atoms with Crippen LogP contribution >= 0.6 is 22.6 Å². The number of aromatic nitrogens is 1. The topological polar surface area (TPSA) is 63.7 Å². The number of anilines is 1. The summed E-state index contributed by atoms with van der Waals surface area (Å²) in [7, 11) is 6.96. The highest BCUT2D eigenvalue weighted by Gasteiger charge is 2.16. The van der Waals surface area contributed by atoms with Gasteiger partial charge in [0.05, 0.1) is 19.8 Å². The van der Waals surface area contributed by atoms with E-state index in [9.17, 15) is 4.79 Å². The van der Waals surface area contributed by atoms with Gasteiger partial charge in [-0.15, -0.1) is 0 Å². The molecule has 1 heterocycles. The van der Waals surface area contributed by atoms with Crippen LogP contribution < -0.4 is 19.7 Å². The zero-order chi connectivity index (χ0) is 17.7. The standard InChI is InChI=1S/C17H20IN3O3/c1-21(2)16-11(6-5-7-19-16)10-20-17(22)12-8-14(23-3)15(24-4)9-13(12)18/h5-9H,10H2,1-4H3,(H,20,22). The molecule has 1 aromatic heterocycles. The fourth-order valence-corrected chi connectivity index (χ4v) is 2.95. The van der Waals surface area contributed by atoms with Crippen molar-refractivity contribution in [2.45, 2.75) is 6.54 Å². The smallest absolute Gasteiger partial charge is 0.252 e. The molecule has 0 radical (unpaired) electrons. The summed E-state index contributed by atoms with van der Waals surface area (Å²) in [5.74, 6) is 1.78. The first-order valence-corrected chi connectivity index (χ1v) is 8.36. The SMILES string of the molecule is COc1cc(I)c(C(=O)NCc2cccnc2N(C)C)cc1OC. The lowest BCUT2D eigenvalue weighted by molar-refractivity contribution is 0.0949. The van der Waals surface area contributed by atoms with Gasteiger partial charge in [-0.2, -0.15) is 0 Å². The molecule has 0 bridgehead atoms. The molecule has 0 fully saturated rings. The van der Waals surface area contributed by atoms with Crippen LogP contribution in [0.15, 0.2) is 30.5 Å². The highest BCUT2D eigenvalue weighted by atomic mass is 127. The van der Waals surface area contributed by atoms with Crippen LogP contribution in [-0.4, -0.2) is 39.2 Å². The van der Waals surface area contributed by atoms with Crippen molar-refractivity contribution in [3.8, 4) is 11.5 Å². The zero-order valence-corrected chi connectivity index (χ0v) is 16.2. The summed E-state index contributed by atoms with van der Waals surface area (Å²) in [4.78, 5) is 18.8. The number of methoxy groups -OCH3 is 2. The van der Waals surface area contributed by atoms with Crippen molar-refractivity contribution >= 4 is 34.3 Å². The van der Waals surface area contributed by atoms with Crippen LogP contribution in [-0.2, 0) is 6.54 Å². The Bertz CT molecular complexity index is 735. The first kappa shape index (κ1) is 18.3. The third kappa shape index (κ3) is 4.08. The number of hydrogen-bond acceptors (Lipinski definition) is 5. The van der Waals surface area contributed by atoms with E-state index in [2.05, 4.69) is 32.9 Å². The molecular formula is C17H20IN3O3. The summed E-state index contributed by atoms with van der Waals surface area (Å²) in [6.07, 6.45) is 1.73. The molecule has 1 N–H and O–H groups in total. The summed E-state index contributed by atoms with van der Waals surface area (Å²) >= 11 is 2.11. The number of ether oxygens (including phenoxy) is 2. The molecule has 2 rings (SSSR count). The Kier molecular flexibility index (Phi) is 6.24. The number of carbonyl (C=O) groups excluding carboxylic acids is 1. The van der Waals surface area contributed by atoms with Gasteiger partial charge in [-0.25, -0.2) is 4.98 Å². The molecule has 0 spiro atoms. The van der Waals surface area contributed by atoms with Crippen LogP contribution in [0.3, 0.4) is 0 Å². The van der Waals surface area contributed by atoms with E-state index in [0.717, 1.165) is 15.0 Å². The molecule has 2 aromatic rings. The molecule has 0 aliphatic heterocycles. The second-order valence-electron chi connectivity index (χ2n) is 5.25. The average molecular weight is 441 g/mol. The summed E-state index contributed by atoms with van der Waals surface area (Å²) in [6.45, 7) is 0.393. The molecule has 24 heavy (non-hydrogen) atoms. The maximum absolute atomic E-state index is 12.5. The molecule has 0 saturated carbocycles. The van der Waals surface area contributed by atoms with Crippen molar-refractivity contribution in [3.63, 3.8) is 0 Å². The van der Waals surface area contributed by atoms with Gasteiger partial charge in [-0.05, 0) is 40.8 Å². The minimum atomic E-state index is -0.172. The molecule has 0 saturated heterocycles. The summed E-state index contributed by atoms with van der Waals surface area (Å²) in [5, 5.41) is 2.93. The van der Waals surface area contributed by atoms with Crippen LogP contribution in [0.4, 0.5) is 5.82 Å². The van der Waals surface area contributed by atoms with Crippen LogP contribution in [0.2, 0.25) is 0 Å². The van der Waals surface area contributed by atoms with Crippen molar-refractivity contribution in [1.29, 1.82) is 0 Å². The van der Waals surface area contributed by atoms with E-state index in [1.807, 2.05) is 31.1 Å². The summed E-state index contributed by atoms with van der Waals surface area (Å²) < 4.78 is 11.3. The first-order valence-electron chi connectivity index (χ1n) is 7.28. The summed E-state index contributed by atoms with van der Waals surface area (Å²) in [6, 6.07) is 7.27. The van der Waals surface area contributed by atoms with Gasteiger partial charge < -0.3 is 19.7 Å². The zero-order valence-electron chi connectivity index (χ0n) is 14.1. The maximum atomic E-state index is 12.5. The minimum absolute atomic E-state index is 0.172. The number of carbonyl (C=O) groups is 1. The van der Waals surface area contributed by atoms with Crippen LogP contribution in [0.1, 0.15) is 15.9 Å².